The maximum atomic E-state index is 14.6. The van der Waals surface area contributed by atoms with Gasteiger partial charge in [0.2, 0.25) is 5.95 Å². The van der Waals surface area contributed by atoms with Crippen molar-refractivity contribution in [1.29, 1.82) is 0 Å². The van der Waals surface area contributed by atoms with E-state index in [2.05, 4.69) is 30.4 Å². The van der Waals surface area contributed by atoms with Crippen LogP contribution in [0.5, 0.6) is 0 Å². The van der Waals surface area contributed by atoms with E-state index in [4.69, 9.17) is 24.5 Å². The third kappa shape index (κ3) is 9.20. The Morgan fingerprint density at radius 3 is 2.15 bits per heavy atom. The van der Waals surface area contributed by atoms with E-state index in [1.165, 1.54) is 17.8 Å². The molecule has 270 valence electrons. The van der Waals surface area contributed by atoms with Gasteiger partial charge in [-0.1, -0.05) is 27.7 Å². The zero-order valence-electron chi connectivity index (χ0n) is 28.7. The number of hydrogen-bond acceptors (Lipinski definition) is 14. The normalized spacial score (nSPS) is 25.3. The Labute approximate surface area is 280 Å². The van der Waals surface area contributed by atoms with Crippen molar-refractivity contribution in [1.82, 2.24) is 29.7 Å². The lowest BCUT2D eigenvalue weighted by Crippen LogP contribution is -2.47. The largest absolute Gasteiger partial charge is 0.465 e. The van der Waals surface area contributed by atoms with Crippen LogP contribution < -0.4 is 21.2 Å². The Balaban J connectivity index is 1.61. The zero-order valence-corrected chi connectivity index (χ0v) is 29.6. The summed E-state index contributed by atoms with van der Waals surface area (Å²) < 4.78 is 38.6. The third-order valence-electron chi connectivity index (χ3n) is 7.99. The average Bonchev–Trinajstić information content (AvgIpc) is 3.66. The standard InChI is InChI=1S/C30H51N8O9P/c1-8-44-26(40)19(12-16(3)4)36-48(43,37-20(13-17(5)6)27(41)45-9-2)46-14-21-23(39)30(7,42)28(47-21)38-15-32-22-24(33-18-10-11-18)34-29(31)35-25(22)38/h15-21,23,28,39,42H,8-14H2,1-7H3,(H2,36,37,43)(H3,31,33,34,35)/t19?,20?,21-,23?,28-,30?,48?/m1/s1. The topological polar surface area (TPSA) is 234 Å². The molecule has 1 saturated carbocycles. The molecule has 1 aliphatic heterocycles. The van der Waals surface area contributed by atoms with Gasteiger partial charge >= 0.3 is 19.6 Å². The van der Waals surface area contributed by atoms with E-state index in [1.54, 1.807) is 13.8 Å². The van der Waals surface area contributed by atoms with E-state index in [0.717, 1.165) is 12.8 Å². The molecule has 7 N–H and O–H groups in total. The monoisotopic (exact) mass is 698 g/mol. The maximum Gasteiger partial charge on any atom is 0.342 e. The summed E-state index contributed by atoms with van der Waals surface area (Å²) in [5, 5.41) is 31.6. The molecule has 2 aromatic heterocycles. The highest BCUT2D eigenvalue weighted by molar-refractivity contribution is 7.54. The van der Waals surface area contributed by atoms with Crippen molar-refractivity contribution in [2.45, 2.75) is 116 Å². The number of imidazole rings is 1. The molecular formula is C30H51N8O9P. The first-order chi connectivity index (χ1) is 22.6. The van der Waals surface area contributed by atoms with E-state index < -0.39 is 62.3 Å². The summed E-state index contributed by atoms with van der Waals surface area (Å²) in [4.78, 5) is 38.9. The number of anilines is 2. The smallest absolute Gasteiger partial charge is 0.342 e. The Hall–Kier alpha value is -2.92. The highest BCUT2D eigenvalue weighted by atomic mass is 31.2. The van der Waals surface area contributed by atoms with Crippen LogP contribution in [0.2, 0.25) is 0 Å². The van der Waals surface area contributed by atoms with E-state index >= 15 is 0 Å². The lowest BCUT2D eigenvalue weighted by molar-refractivity contribution is -0.146. The number of aliphatic hydroxyl groups is 2. The molecule has 0 aromatic carbocycles. The quantitative estimate of drug-likeness (QED) is 0.0967. The predicted molar refractivity (Wildman–Crippen MR) is 177 cm³/mol. The second-order valence-corrected chi connectivity index (χ2v) is 15.2. The number of hydrogen-bond donors (Lipinski definition) is 6. The molecule has 3 heterocycles. The molecule has 4 rings (SSSR count). The number of carbonyl (C=O) groups excluding carboxylic acids is 2. The number of fused-ring (bicyclic) bond motifs is 1. The molecule has 0 radical (unpaired) electrons. The number of aliphatic hydroxyl groups excluding tert-OH is 1. The van der Waals surface area contributed by atoms with Gasteiger partial charge in [-0.3, -0.25) is 18.7 Å². The zero-order chi connectivity index (χ0) is 35.4. The molecule has 0 spiro atoms. The van der Waals surface area contributed by atoms with Crippen LogP contribution in [0.1, 0.15) is 80.4 Å². The lowest BCUT2D eigenvalue weighted by atomic mass is 9.96. The first-order valence-corrected chi connectivity index (χ1v) is 18.2. The van der Waals surface area contributed by atoms with Crippen molar-refractivity contribution in [3.05, 3.63) is 6.33 Å². The predicted octanol–water partition coefficient (Wildman–Crippen LogP) is 2.25. The molecule has 17 nitrogen and oxygen atoms in total. The molecule has 2 fully saturated rings. The average molecular weight is 699 g/mol. The van der Waals surface area contributed by atoms with Gasteiger partial charge < -0.3 is 40.0 Å². The minimum atomic E-state index is -4.30. The summed E-state index contributed by atoms with van der Waals surface area (Å²) in [5.74, 6) is -0.857. The molecule has 2 aliphatic rings. The Morgan fingerprint density at radius 1 is 1.08 bits per heavy atom. The van der Waals surface area contributed by atoms with Crippen LogP contribution >= 0.6 is 7.67 Å². The molecule has 1 saturated heterocycles. The molecule has 0 amide bonds. The number of aromatic nitrogens is 4. The van der Waals surface area contributed by atoms with Crippen molar-refractivity contribution < 1.29 is 43.1 Å². The van der Waals surface area contributed by atoms with Gasteiger partial charge in [-0.15, -0.1) is 0 Å². The highest BCUT2D eigenvalue weighted by Crippen LogP contribution is 2.45. The third-order valence-corrected chi connectivity index (χ3v) is 9.81. The Morgan fingerprint density at radius 2 is 1.65 bits per heavy atom. The molecule has 1 aliphatic carbocycles. The molecular weight excluding hydrogens is 647 g/mol. The highest BCUT2D eigenvalue weighted by Gasteiger charge is 2.54. The number of nitrogens with one attached hydrogen (secondary N) is 3. The minimum Gasteiger partial charge on any atom is -0.465 e. The van der Waals surface area contributed by atoms with Gasteiger partial charge in [0.15, 0.2) is 23.2 Å². The minimum absolute atomic E-state index is 0.00411. The van der Waals surface area contributed by atoms with Crippen molar-refractivity contribution in [3.63, 3.8) is 0 Å². The van der Waals surface area contributed by atoms with Crippen LogP contribution in [0, 0.1) is 11.8 Å². The second-order valence-electron chi connectivity index (χ2n) is 13.3. The van der Waals surface area contributed by atoms with E-state index in [0.29, 0.717) is 11.3 Å². The van der Waals surface area contributed by atoms with Crippen LogP contribution in [0.3, 0.4) is 0 Å². The van der Waals surface area contributed by atoms with Gasteiger partial charge in [-0.2, -0.15) is 9.97 Å². The number of esters is 2. The summed E-state index contributed by atoms with van der Waals surface area (Å²) in [5.41, 5.74) is 4.79. The number of carbonyl (C=O) groups is 2. The van der Waals surface area contributed by atoms with Crippen molar-refractivity contribution >= 4 is 42.5 Å². The summed E-state index contributed by atoms with van der Waals surface area (Å²) in [6, 6.07) is -1.86. The van der Waals surface area contributed by atoms with E-state index in [1.807, 2.05) is 27.7 Å². The first-order valence-electron chi connectivity index (χ1n) is 16.5. The number of rotatable bonds is 18. The first kappa shape index (κ1) is 37.9. The van der Waals surface area contributed by atoms with E-state index in [-0.39, 0.29) is 55.5 Å². The lowest BCUT2D eigenvalue weighted by Gasteiger charge is -2.30. The van der Waals surface area contributed by atoms with Crippen LogP contribution in [0.4, 0.5) is 11.8 Å². The van der Waals surface area contributed by atoms with Crippen LogP contribution in [-0.2, 0) is 32.9 Å². The number of ether oxygens (including phenoxy) is 3. The van der Waals surface area contributed by atoms with Gasteiger partial charge in [-0.25, -0.2) is 15.2 Å². The number of nitrogens with zero attached hydrogens (tertiary/aromatic N) is 4. The Bertz CT molecular complexity index is 1430. The second kappa shape index (κ2) is 15.7. The van der Waals surface area contributed by atoms with Crippen LogP contribution in [-0.4, -0.2) is 97.4 Å². The number of nitrogens with two attached hydrogens (primary N) is 1. The van der Waals surface area contributed by atoms with Crippen LogP contribution in [0.15, 0.2) is 6.33 Å². The summed E-state index contributed by atoms with van der Waals surface area (Å²) in [7, 11) is -4.30. The fourth-order valence-electron chi connectivity index (χ4n) is 5.54. The van der Waals surface area contributed by atoms with Gasteiger partial charge in [0.05, 0.1) is 26.1 Å². The van der Waals surface area contributed by atoms with Gasteiger partial charge in [0.1, 0.15) is 29.9 Å². The molecule has 6 atom stereocenters. The molecule has 48 heavy (non-hydrogen) atoms. The number of nitrogen functional groups attached to an aromatic ring is 1. The van der Waals surface area contributed by atoms with Crippen molar-refractivity contribution in [2.75, 3.05) is 30.9 Å². The Kier molecular flexibility index (Phi) is 12.4. The van der Waals surface area contributed by atoms with Gasteiger partial charge in [0.25, 0.3) is 0 Å². The maximum absolute atomic E-state index is 14.6. The van der Waals surface area contributed by atoms with Gasteiger partial charge in [0, 0.05) is 6.04 Å². The summed E-state index contributed by atoms with van der Waals surface area (Å²) >= 11 is 0. The van der Waals surface area contributed by atoms with Gasteiger partial charge in [-0.05, 0) is 58.3 Å². The molecule has 2 aromatic rings. The molecule has 4 unspecified atom stereocenters. The SMILES string of the molecule is CCOC(=O)C(CC(C)C)NP(=O)(NC(CC(C)C)C(=O)OCC)OC[C@H]1O[C@@H](n2cnc3c(NC4CC4)nc(N)nc32)C(C)(O)C1O. The van der Waals surface area contributed by atoms with Crippen molar-refractivity contribution in [2.24, 2.45) is 11.8 Å². The van der Waals surface area contributed by atoms with Crippen molar-refractivity contribution in [3.8, 4) is 0 Å². The fraction of sp³-hybridized carbons (Fsp3) is 0.767. The molecule has 18 heteroatoms. The van der Waals surface area contributed by atoms with Crippen LogP contribution in [0.25, 0.3) is 11.2 Å². The van der Waals surface area contributed by atoms with E-state index in [9.17, 15) is 24.4 Å². The summed E-state index contributed by atoms with van der Waals surface area (Å²) in [6.07, 6.45) is -0.0877. The fourth-order valence-corrected chi connectivity index (χ4v) is 7.36. The summed E-state index contributed by atoms with van der Waals surface area (Å²) in [6.45, 7) is 12.0. The molecule has 0 bridgehead atoms.